The summed E-state index contributed by atoms with van der Waals surface area (Å²) >= 11 is 0. The van der Waals surface area contributed by atoms with E-state index in [1.165, 1.54) is 12.8 Å². The van der Waals surface area contributed by atoms with Gasteiger partial charge in [-0.2, -0.15) is 0 Å². The van der Waals surface area contributed by atoms with Crippen LogP contribution in [0.4, 0.5) is 0 Å². The van der Waals surface area contributed by atoms with Crippen molar-refractivity contribution in [2.45, 2.75) is 51.6 Å². The molecule has 2 atom stereocenters. The molecule has 5 heteroatoms. The Morgan fingerprint density at radius 2 is 2.00 bits per heavy atom. The molecular formula is C12H22N2O3. The summed E-state index contributed by atoms with van der Waals surface area (Å²) in [5.41, 5.74) is 5.51. The number of hydrogen-bond donors (Lipinski definition) is 2. The molecule has 0 radical (unpaired) electrons. The first-order chi connectivity index (χ1) is 8.06. The SMILES string of the molecule is CCOC(=O)C(N)C(=O)N[C@H](C)C1CCCC1. The van der Waals surface area contributed by atoms with E-state index in [4.69, 9.17) is 10.5 Å². The first-order valence-corrected chi connectivity index (χ1v) is 6.28. The maximum absolute atomic E-state index is 11.7. The second kappa shape index (κ2) is 6.59. The quantitative estimate of drug-likeness (QED) is 0.545. The van der Waals surface area contributed by atoms with Gasteiger partial charge in [0.05, 0.1) is 6.61 Å². The van der Waals surface area contributed by atoms with Crippen molar-refractivity contribution in [3.05, 3.63) is 0 Å². The number of rotatable bonds is 5. The van der Waals surface area contributed by atoms with Crippen LogP contribution in [0.25, 0.3) is 0 Å². The molecule has 0 aromatic carbocycles. The molecule has 3 N–H and O–H groups in total. The zero-order chi connectivity index (χ0) is 12.8. The van der Waals surface area contributed by atoms with E-state index in [0.29, 0.717) is 5.92 Å². The van der Waals surface area contributed by atoms with E-state index in [1.807, 2.05) is 6.92 Å². The van der Waals surface area contributed by atoms with Crippen LogP contribution in [0.5, 0.6) is 0 Å². The number of ether oxygens (including phenoxy) is 1. The van der Waals surface area contributed by atoms with Gasteiger partial charge in [0.1, 0.15) is 0 Å². The second-order valence-corrected chi connectivity index (χ2v) is 4.57. The van der Waals surface area contributed by atoms with Crippen LogP contribution in [0.15, 0.2) is 0 Å². The molecule has 1 amide bonds. The number of amides is 1. The fourth-order valence-corrected chi connectivity index (χ4v) is 2.23. The van der Waals surface area contributed by atoms with Gasteiger partial charge in [-0.3, -0.25) is 4.79 Å². The average molecular weight is 242 g/mol. The average Bonchev–Trinajstić information content (AvgIpc) is 2.81. The minimum atomic E-state index is -1.21. The minimum Gasteiger partial charge on any atom is -0.464 e. The smallest absolute Gasteiger partial charge is 0.332 e. The van der Waals surface area contributed by atoms with Gasteiger partial charge in [-0.25, -0.2) is 4.79 Å². The molecule has 1 aliphatic rings. The summed E-state index contributed by atoms with van der Waals surface area (Å²) in [7, 11) is 0. The number of esters is 1. The van der Waals surface area contributed by atoms with Gasteiger partial charge in [-0.05, 0) is 32.6 Å². The van der Waals surface area contributed by atoms with Gasteiger partial charge in [0.25, 0.3) is 0 Å². The van der Waals surface area contributed by atoms with E-state index < -0.39 is 17.9 Å². The van der Waals surface area contributed by atoms with Crippen LogP contribution in [-0.4, -0.2) is 30.6 Å². The van der Waals surface area contributed by atoms with Crippen LogP contribution in [0.1, 0.15) is 39.5 Å². The van der Waals surface area contributed by atoms with Gasteiger partial charge in [0.15, 0.2) is 6.04 Å². The first kappa shape index (κ1) is 14.0. The zero-order valence-electron chi connectivity index (χ0n) is 10.6. The van der Waals surface area contributed by atoms with E-state index in [0.717, 1.165) is 12.8 Å². The van der Waals surface area contributed by atoms with Crippen molar-refractivity contribution in [3.8, 4) is 0 Å². The highest BCUT2D eigenvalue weighted by molar-refractivity contribution is 6.01. The van der Waals surface area contributed by atoms with Crippen molar-refractivity contribution in [3.63, 3.8) is 0 Å². The van der Waals surface area contributed by atoms with Gasteiger partial charge in [-0.1, -0.05) is 12.8 Å². The van der Waals surface area contributed by atoms with Gasteiger partial charge in [0.2, 0.25) is 5.91 Å². The summed E-state index contributed by atoms with van der Waals surface area (Å²) in [6.07, 6.45) is 4.70. The Morgan fingerprint density at radius 3 is 2.53 bits per heavy atom. The lowest BCUT2D eigenvalue weighted by atomic mass is 9.99. The minimum absolute atomic E-state index is 0.0745. The third-order valence-electron chi connectivity index (χ3n) is 3.30. The molecule has 0 saturated heterocycles. The lowest BCUT2D eigenvalue weighted by Gasteiger charge is -2.21. The molecule has 0 bridgehead atoms. The molecule has 98 valence electrons. The Morgan fingerprint density at radius 1 is 1.41 bits per heavy atom. The van der Waals surface area contributed by atoms with Crippen molar-refractivity contribution in [1.29, 1.82) is 0 Å². The first-order valence-electron chi connectivity index (χ1n) is 6.28. The highest BCUT2D eigenvalue weighted by Crippen LogP contribution is 2.27. The van der Waals surface area contributed by atoms with Crippen LogP contribution < -0.4 is 11.1 Å². The summed E-state index contributed by atoms with van der Waals surface area (Å²) in [6.45, 7) is 3.88. The zero-order valence-corrected chi connectivity index (χ0v) is 10.6. The maximum Gasteiger partial charge on any atom is 0.332 e. The van der Waals surface area contributed by atoms with E-state index >= 15 is 0 Å². The van der Waals surface area contributed by atoms with Crippen molar-refractivity contribution < 1.29 is 14.3 Å². The van der Waals surface area contributed by atoms with Crippen molar-refractivity contribution in [2.24, 2.45) is 11.7 Å². The Bertz CT molecular complexity index is 275. The molecule has 0 heterocycles. The number of nitrogens with two attached hydrogens (primary N) is 1. The van der Waals surface area contributed by atoms with Crippen LogP contribution in [0.2, 0.25) is 0 Å². The fraction of sp³-hybridized carbons (Fsp3) is 0.833. The molecule has 1 saturated carbocycles. The van der Waals surface area contributed by atoms with Crippen LogP contribution in [0.3, 0.4) is 0 Å². The highest BCUT2D eigenvalue weighted by Gasteiger charge is 2.28. The van der Waals surface area contributed by atoms with E-state index in [1.54, 1.807) is 6.92 Å². The van der Waals surface area contributed by atoms with Crippen LogP contribution >= 0.6 is 0 Å². The summed E-state index contributed by atoms with van der Waals surface area (Å²) in [5, 5.41) is 2.80. The van der Waals surface area contributed by atoms with Gasteiger partial charge >= 0.3 is 5.97 Å². The van der Waals surface area contributed by atoms with E-state index in [-0.39, 0.29) is 12.6 Å². The van der Waals surface area contributed by atoms with Crippen molar-refractivity contribution >= 4 is 11.9 Å². The number of carbonyl (C=O) groups is 2. The second-order valence-electron chi connectivity index (χ2n) is 4.57. The fourth-order valence-electron chi connectivity index (χ4n) is 2.23. The molecule has 0 aliphatic heterocycles. The summed E-state index contributed by atoms with van der Waals surface area (Å²) in [6, 6.07) is -1.13. The Balaban J connectivity index is 2.39. The monoisotopic (exact) mass is 242 g/mol. The Kier molecular flexibility index (Phi) is 5.41. The Labute approximate surface area is 102 Å². The molecule has 0 aromatic heterocycles. The van der Waals surface area contributed by atoms with Gasteiger partial charge in [-0.15, -0.1) is 0 Å². The molecule has 1 aliphatic carbocycles. The lowest BCUT2D eigenvalue weighted by Crippen LogP contribution is -2.50. The predicted molar refractivity (Wildman–Crippen MR) is 64.2 cm³/mol. The molecule has 1 rings (SSSR count). The van der Waals surface area contributed by atoms with E-state index in [2.05, 4.69) is 5.32 Å². The highest BCUT2D eigenvalue weighted by atomic mass is 16.5. The Hall–Kier alpha value is -1.10. The summed E-state index contributed by atoms with van der Waals surface area (Å²) in [5.74, 6) is -0.597. The molecule has 5 nitrogen and oxygen atoms in total. The number of hydrogen-bond acceptors (Lipinski definition) is 4. The molecule has 0 aromatic rings. The third-order valence-corrected chi connectivity index (χ3v) is 3.30. The predicted octanol–water partition coefficient (Wildman–Crippen LogP) is 0.572. The largest absolute Gasteiger partial charge is 0.464 e. The van der Waals surface area contributed by atoms with Crippen LogP contribution in [-0.2, 0) is 14.3 Å². The van der Waals surface area contributed by atoms with Crippen molar-refractivity contribution in [2.75, 3.05) is 6.61 Å². The maximum atomic E-state index is 11.7. The molecule has 1 unspecified atom stereocenters. The normalized spacial score (nSPS) is 19.7. The molecule has 17 heavy (non-hydrogen) atoms. The standard InChI is InChI=1S/C12H22N2O3/c1-3-17-12(16)10(13)11(15)14-8(2)9-6-4-5-7-9/h8-10H,3-7,13H2,1-2H3,(H,14,15)/t8-,10?/m1/s1. The summed E-state index contributed by atoms with van der Waals surface area (Å²) < 4.78 is 4.71. The topological polar surface area (TPSA) is 81.4 Å². The molecule has 0 spiro atoms. The van der Waals surface area contributed by atoms with Gasteiger partial charge < -0.3 is 15.8 Å². The molecule has 1 fully saturated rings. The lowest BCUT2D eigenvalue weighted by molar-refractivity contribution is -0.148. The van der Waals surface area contributed by atoms with Crippen LogP contribution in [0, 0.1) is 5.92 Å². The number of carbonyl (C=O) groups excluding carboxylic acids is 2. The third kappa shape index (κ3) is 4.00. The number of nitrogens with one attached hydrogen (secondary N) is 1. The van der Waals surface area contributed by atoms with Crippen molar-refractivity contribution in [1.82, 2.24) is 5.32 Å². The van der Waals surface area contributed by atoms with E-state index in [9.17, 15) is 9.59 Å². The summed E-state index contributed by atoms with van der Waals surface area (Å²) in [4.78, 5) is 23.0. The molecular weight excluding hydrogens is 220 g/mol. The van der Waals surface area contributed by atoms with Gasteiger partial charge in [0, 0.05) is 6.04 Å².